The summed E-state index contributed by atoms with van der Waals surface area (Å²) < 4.78 is 5.28. The summed E-state index contributed by atoms with van der Waals surface area (Å²) in [5, 5.41) is 4.50. The molecule has 0 saturated carbocycles. The molecule has 1 N–H and O–H groups in total. The fourth-order valence-corrected chi connectivity index (χ4v) is 2.07. The first-order valence-corrected chi connectivity index (χ1v) is 6.46. The van der Waals surface area contributed by atoms with Gasteiger partial charge in [0.1, 0.15) is 0 Å². The Kier molecular flexibility index (Phi) is 6.28. The van der Waals surface area contributed by atoms with Crippen LogP contribution in [0.4, 0.5) is 0 Å². The van der Waals surface area contributed by atoms with E-state index >= 15 is 0 Å². The molecule has 0 aliphatic carbocycles. The molecule has 2 unspecified atom stereocenters. The molecule has 0 aromatic heterocycles. The molecule has 0 amide bonds. The zero-order valence-electron chi connectivity index (χ0n) is 10.5. The Morgan fingerprint density at radius 1 is 1.29 bits per heavy atom. The Labute approximate surface area is 113 Å². The Morgan fingerprint density at radius 3 is 2.53 bits per heavy atom. The highest BCUT2D eigenvalue weighted by Crippen LogP contribution is 2.23. The average molecular weight is 276 g/mol. The first-order valence-electron chi connectivity index (χ1n) is 5.70. The molecule has 96 valence electrons. The predicted octanol–water partition coefficient (Wildman–Crippen LogP) is 3.55. The van der Waals surface area contributed by atoms with E-state index in [1.165, 1.54) is 5.56 Å². The monoisotopic (exact) mass is 275 g/mol. The molecule has 2 nitrogen and oxygen atoms in total. The van der Waals surface area contributed by atoms with Crippen LogP contribution in [0.1, 0.15) is 18.9 Å². The van der Waals surface area contributed by atoms with Crippen LogP contribution in [0.25, 0.3) is 0 Å². The number of methoxy groups -OCH3 is 1. The molecule has 0 spiro atoms. The van der Waals surface area contributed by atoms with Gasteiger partial charge in [0, 0.05) is 13.2 Å². The van der Waals surface area contributed by atoms with E-state index in [-0.39, 0.29) is 6.10 Å². The third kappa shape index (κ3) is 4.84. The van der Waals surface area contributed by atoms with Crippen molar-refractivity contribution in [3.8, 4) is 0 Å². The van der Waals surface area contributed by atoms with Crippen LogP contribution in [0.2, 0.25) is 10.0 Å². The summed E-state index contributed by atoms with van der Waals surface area (Å²) in [6.45, 7) is 2.07. The van der Waals surface area contributed by atoms with Crippen molar-refractivity contribution in [2.24, 2.45) is 0 Å². The number of halogens is 2. The van der Waals surface area contributed by atoms with Crippen LogP contribution >= 0.6 is 23.2 Å². The molecular weight excluding hydrogens is 257 g/mol. The zero-order valence-corrected chi connectivity index (χ0v) is 12.0. The Balaban J connectivity index is 2.63. The highest BCUT2D eigenvalue weighted by atomic mass is 35.5. The van der Waals surface area contributed by atoms with Gasteiger partial charge >= 0.3 is 0 Å². The molecule has 1 rings (SSSR count). The van der Waals surface area contributed by atoms with E-state index in [9.17, 15) is 0 Å². The second kappa shape index (κ2) is 7.22. The van der Waals surface area contributed by atoms with Crippen molar-refractivity contribution in [3.05, 3.63) is 33.8 Å². The van der Waals surface area contributed by atoms with Crippen molar-refractivity contribution in [2.75, 3.05) is 14.2 Å². The lowest BCUT2D eigenvalue weighted by Crippen LogP contribution is -2.31. The molecule has 0 radical (unpaired) electrons. The van der Waals surface area contributed by atoms with Crippen molar-refractivity contribution >= 4 is 23.2 Å². The molecule has 2 atom stereocenters. The largest absolute Gasteiger partial charge is 0.382 e. The minimum Gasteiger partial charge on any atom is -0.382 e. The molecule has 0 heterocycles. The summed E-state index contributed by atoms with van der Waals surface area (Å²) in [5.41, 5.74) is 1.18. The number of likely N-dealkylation sites (N-methyl/N-ethyl adjacent to an activating group) is 1. The van der Waals surface area contributed by atoms with Gasteiger partial charge in [-0.1, -0.05) is 29.3 Å². The Morgan fingerprint density at radius 2 is 2.00 bits per heavy atom. The SMILES string of the molecule is CNC(Cc1ccc(Cl)c(Cl)c1)CC(C)OC. The third-order valence-electron chi connectivity index (χ3n) is 2.89. The van der Waals surface area contributed by atoms with E-state index in [0.29, 0.717) is 16.1 Å². The van der Waals surface area contributed by atoms with E-state index in [1.54, 1.807) is 7.11 Å². The van der Waals surface area contributed by atoms with Gasteiger partial charge in [0.25, 0.3) is 0 Å². The second-order valence-corrected chi connectivity index (χ2v) is 5.03. The Hall–Kier alpha value is -0.280. The van der Waals surface area contributed by atoms with Gasteiger partial charge in [0.05, 0.1) is 16.1 Å². The molecule has 1 aromatic rings. The average Bonchev–Trinajstić information content (AvgIpc) is 2.32. The van der Waals surface area contributed by atoms with Gasteiger partial charge in [0.15, 0.2) is 0 Å². The first-order chi connectivity index (χ1) is 8.06. The number of benzene rings is 1. The molecule has 17 heavy (non-hydrogen) atoms. The lowest BCUT2D eigenvalue weighted by molar-refractivity contribution is 0.101. The molecule has 4 heteroatoms. The standard InChI is InChI=1S/C13H19Cl2NO/c1-9(17-3)6-11(16-2)7-10-4-5-12(14)13(15)8-10/h4-5,8-9,11,16H,6-7H2,1-3H3. The number of ether oxygens (including phenoxy) is 1. The van der Waals surface area contributed by atoms with Crippen molar-refractivity contribution in [1.82, 2.24) is 5.32 Å². The molecule has 0 fully saturated rings. The lowest BCUT2D eigenvalue weighted by atomic mass is 10.0. The summed E-state index contributed by atoms with van der Waals surface area (Å²) >= 11 is 11.9. The third-order valence-corrected chi connectivity index (χ3v) is 3.63. The van der Waals surface area contributed by atoms with Crippen molar-refractivity contribution < 1.29 is 4.74 Å². The normalized spacial score (nSPS) is 14.6. The van der Waals surface area contributed by atoms with Crippen LogP contribution in [0.3, 0.4) is 0 Å². The van der Waals surface area contributed by atoms with Crippen LogP contribution in [0.5, 0.6) is 0 Å². The summed E-state index contributed by atoms with van der Waals surface area (Å²) in [4.78, 5) is 0. The quantitative estimate of drug-likeness (QED) is 0.858. The Bertz CT molecular complexity index is 357. The van der Waals surface area contributed by atoms with Gasteiger partial charge in [-0.2, -0.15) is 0 Å². The van der Waals surface area contributed by atoms with E-state index in [1.807, 2.05) is 25.2 Å². The number of nitrogens with one attached hydrogen (secondary N) is 1. The first kappa shape index (κ1) is 14.8. The summed E-state index contributed by atoms with van der Waals surface area (Å²) in [6, 6.07) is 6.15. The van der Waals surface area contributed by atoms with Gasteiger partial charge in [-0.25, -0.2) is 0 Å². The number of hydrogen-bond acceptors (Lipinski definition) is 2. The maximum Gasteiger partial charge on any atom is 0.0595 e. The summed E-state index contributed by atoms with van der Waals surface area (Å²) in [5.74, 6) is 0. The highest BCUT2D eigenvalue weighted by molar-refractivity contribution is 6.42. The van der Waals surface area contributed by atoms with Gasteiger partial charge in [-0.05, 0) is 44.5 Å². The van der Waals surface area contributed by atoms with Crippen molar-refractivity contribution in [3.63, 3.8) is 0 Å². The van der Waals surface area contributed by atoms with Gasteiger partial charge < -0.3 is 10.1 Å². The molecule has 0 aliphatic rings. The fraction of sp³-hybridized carbons (Fsp3) is 0.538. The van der Waals surface area contributed by atoms with Crippen molar-refractivity contribution in [1.29, 1.82) is 0 Å². The van der Waals surface area contributed by atoms with Crippen LogP contribution in [-0.4, -0.2) is 26.3 Å². The fourth-order valence-electron chi connectivity index (χ4n) is 1.75. The van der Waals surface area contributed by atoms with Crippen LogP contribution in [0, 0.1) is 0 Å². The van der Waals surface area contributed by atoms with Crippen molar-refractivity contribution in [2.45, 2.75) is 31.9 Å². The smallest absolute Gasteiger partial charge is 0.0595 e. The molecule has 1 aromatic carbocycles. The second-order valence-electron chi connectivity index (χ2n) is 4.22. The van der Waals surface area contributed by atoms with Gasteiger partial charge in [-0.15, -0.1) is 0 Å². The maximum absolute atomic E-state index is 6.00. The van der Waals surface area contributed by atoms with Crippen LogP contribution < -0.4 is 5.32 Å². The van der Waals surface area contributed by atoms with E-state index in [0.717, 1.165) is 12.8 Å². The lowest BCUT2D eigenvalue weighted by Gasteiger charge is -2.20. The van der Waals surface area contributed by atoms with Gasteiger partial charge in [0.2, 0.25) is 0 Å². The minimum atomic E-state index is 0.246. The molecule has 0 bridgehead atoms. The van der Waals surface area contributed by atoms with Crippen LogP contribution in [0.15, 0.2) is 18.2 Å². The van der Waals surface area contributed by atoms with E-state index < -0.39 is 0 Å². The zero-order chi connectivity index (χ0) is 12.8. The number of rotatable bonds is 6. The number of hydrogen-bond donors (Lipinski definition) is 1. The minimum absolute atomic E-state index is 0.246. The molecular formula is C13H19Cl2NO. The predicted molar refractivity (Wildman–Crippen MR) is 74.1 cm³/mol. The van der Waals surface area contributed by atoms with Crippen LogP contribution in [-0.2, 0) is 11.2 Å². The van der Waals surface area contributed by atoms with Gasteiger partial charge in [-0.3, -0.25) is 0 Å². The highest BCUT2D eigenvalue weighted by Gasteiger charge is 2.12. The molecule has 0 saturated heterocycles. The topological polar surface area (TPSA) is 21.3 Å². The van der Waals surface area contributed by atoms with E-state index in [4.69, 9.17) is 27.9 Å². The molecule has 0 aliphatic heterocycles. The van der Waals surface area contributed by atoms with E-state index in [2.05, 4.69) is 12.2 Å². The maximum atomic E-state index is 6.00. The summed E-state index contributed by atoms with van der Waals surface area (Å²) in [6.07, 6.45) is 2.13. The summed E-state index contributed by atoms with van der Waals surface area (Å²) in [7, 11) is 3.70.